The van der Waals surface area contributed by atoms with Crippen molar-refractivity contribution in [2.24, 2.45) is 0 Å². The van der Waals surface area contributed by atoms with Gasteiger partial charge in [0.2, 0.25) is 5.91 Å². The highest BCUT2D eigenvalue weighted by atomic mass is 32.2. The van der Waals surface area contributed by atoms with E-state index in [2.05, 4.69) is 5.32 Å². The molecule has 1 N–H and O–H groups in total. The predicted molar refractivity (Wildman–Crippen MR) is 103 cm³/mol. The average Bonchev–Trinajstić information content (AvgIpc) is 2.87. The fourth-order valence-electron chi connectivity index (χ4n) is 2.83. The maximum Gasteiger partial charge on any atom is 0.318 e. The fraction of sp³-hybridized carbons (Fsp3) is 0.579. The molecule has 0 spiro atoms. The smallest absolute Gasteiger partial charge is 0.318 e. The molecule has 1 fully saturated rings. The number of thioether (sulfide) groups is 1. The molecule has 2 rings (SSSR count). The number of nitrogens with one attached hydrogen (secondary N) is 1. The second-order valence-electron chi connectivity index (χ2n) is 7.74. The lowest BCUT2D eigenvalue weighted by Crippen LogP contribution is -2.52. The summed E-state index contributed by atoms with van der Waals surface area (Å²) in [6.45, 7) is 10.4. The number of carbonyl (C=O) groups is 2. The molecule has 5 nitrogen and oxygen atoms in total. The van der Waals surface area contributed by atoms with Crippen LogP contribution in [0.15, 0.2) is 24.3 Å². The molecule has 144 valence electrons. The van der Waals surface area contributed by atoms with Crippen LogP contribution in [0.5, 0.6) is 0 Å². The van der Waals surface area contributed by atoms with E-state index >= 15 is 0 Å². The predicted octanol–water partition coefficient (Wildman–Crippen LogP) is 3.62. The molecule has 26 heavy (non-hydrogen) atoms. The third-order valence-corrected chi connectivity index (χ3v) is 5.33. The van der Waals surface area contributed by atoms with E-state index in [1.807, 2.05) is 34.6 Å². The number of halogens is 1. The summed E-state index contributed by atoms with van der Waals surface area (Å²) in [4.78, 5) is 28.2. The lowest BCUT2D eigenvalue weighted by Gasteiger charge is -2.33. The zero-order chi connectivity index (χ0) is 19.5. The van der Waals surface area contributed by atoms with E-state index < -0.39 is 0 Å². The topological polar surface area (TPSA) is 52.7 Å². The standard InChI is InChI=1S/C19H28FN3O2S/c1-13(2)22(18(25)21-19(3,4)5)10-11-23-16(24)12-26-17(23)14-8-6-7-9-15(14)20/h6-9,13,17H,10-12H2,1-5H3,(H,21,25)/t17-/m1/s1. The van der Waals surface area contributed by atoms with Gasteiger partial charge in [-0.2, -0.15) is 0 Å². The van der Waals surface area contributed by atoms with Gasteiger partial charge in [-0.3, -0.25) is 4.79 Å². The largest absolute Gasteiger partial charge is 0.333 e. The van der Waals surface area contributed by atoms with Crippen molar-refractivity contribution in [2.45, 2.75) is 51.6 Å². The first-order valence-corrected chi connectivity index (χ1v) is 9.89. The highest BCUT2D eigenvalue weighted by Crippen LogP contribution is 2.39. The van der Waals surface area contributed by atoms with Gasteiger partial charge < -0.3 is 15.1 Å². The third kappa shape index (κ3) is 5.13. The first kappa shape index (κ1) is 20.6. The molecule has 1 atom stereocenters. The molecular formula is C19H28FN3O2S. The van der Waals surface area contributed by atoms with Gasteiger partial charge in [0.15, 0.2) is 0 Å². The number of amides is 3. The van der Waals surface area contributed by atoms with E-state index in [1.54, 1.807) is 28.0 Å². The summed E-state index contributed by atoms with van der Waals surface area (Å²) in [7, 11) is 0. The Balaban J connectivity index is 2.10. The van der Waals surface area contributed by atoms with Gasteiger partial charge in [0.05, 0.1) is 5.75 Å². The Kier molecular flexibility index (Phi) is 6.55. The molecule has 0 radical (unpaired) electrons. The molecule has 0 aromatic heterocycles. The molecule has 1 aliphatic rings. The molecule has 7 heteroatoms. The lowest BCUT2D eigenvalue weighted by atomic mass is 10.1. The molecule has 1 aliphatic heterocycles. The van der Waals surface area contributed by atoms with Crippen molar-refractivity contribution in [3.8, 4) is 0 Å². The number of rotatable bonds is 5. The Morgan fingerprint density at radius 1 is 1.38 bits per heavy atom. The van der Waals surface area contributed by atoms with Gasteiger partial charge in [-0.15, -0.1) is 11.8 Å². The van der Waals surface area contributed by atoms with E-state index in [4.69, 9.17) is 0 Å². The minimum atomic E-state index is -0.344. The molecule has 0 saturated carbocycles. The van der Waals surface area contributed by atoms with Crippen molar-refractivity contribution < 1.29 is 14.0 Å². The molecule has 1 aromatic carbocycles. The molecule has 1 saturated heterocycles. The van der Waals surface area contributed by atoms with Crippen LogP contribution in [0.3, 0.4) is 0 Å². The molecule has 1 heterocycles. The minimum Gasteiger partial charge on any atom is -0.333 e. The quantitative estimate of drug-likeness (QED) is 0.848. The Morgan fingerprint density at radius 3 is 2.62 bits per heavy atom. The fourth-order valence-corrected chi connectivity index (χ4v) is 4.07. The molecular weight excluding hydrogens is 353 g/mol. The van der Waals surface area contributed by atoms with Crippen LogP contribution < -0.4 is 5.32 Å². The number of nitrogens with zero attached hydrogens (tertiary/aromatic N) is 2. The van der Waals surface area contributed by atoms with E-state index in [0.29, 0.717) is 24.4 Å². The zero-order valence-electron chi connectivity index (χ0n) is 16.1. The third-order valence-electron chi connectivity index (χ3n) is 4.09. The van der Waals surface area contributed by atoms with Crippen LogP contribution in [0, 0.1) is 5.82 Å². The minimum absolute atomic E-state index is 0.00498. The summed E-state index contributed by atoms with van der Waals surface area (Å²) in [6.07, 6.45) is 0. The maximum atomic E-state index is 14.2. The van der Waals surface area contributed by atoms with Gasteiger partial charge in [0.25, 0.3) is 0 Å². The van der Waals surface area contributed by atoms with Gasteiger partial charge >= 0.3 is 6.03 Å². The van der Waals surface area contributed by atoms with Crippen molar-refractivity contribution in [1.29, 1.82) is 0 Å². The lowest BCUT2D eigenvalue weighted by molar-refractivity contribution is -0.128. The Labute approximate surface area is 159 Å². The van der Waals surface area contributed by atoms with E-state index in [0.717, 1.165) is 0 Å². The number of benzene rings is 1. The summed E-state index contributed by atoms with van der Waals surface area (Å²) < 4.78 is 14.2. The highest BCUT2D eigenvalue weighted by molar-refractivity contribution is 8.00. The van der Waals surface area contributed by atoms with E-state index in [9.17, 15) is 14.0 Å². The average molecular weight is 382 g/mol. The molecule has 0 aliphatic carbocycles. The monoisotopic (exact) mass is 381 g/mol. The van der Waals surface area contributed by atoms with Crippen molar-refractivity contribution in [3.63, 3.8) is 0 Å². The maximum absolute atomic E-state index is 14.2. The van der Waals surface area contributed by atoms with E-state index in [1.165, 1.54) is 17.8 Å². The van der Waals surface area contributed by atoms with Crippen LogP contribution in [0.1, 0.15) is 45.6 Å². The molecule has 3 amide bonds. The van der Waals surface area contributed by atoms with Crippen molar-refractivity contribution in [3.05, 3.63) is 35.6 Å². The van der Waals surface area contributed by atoms with Crippen molar-refractivity contribution >= 4 is 23.7 Å². The van der Waals surface area contributed by atoms with Gasteiger partial charge in [-0.05, 0) is 40.7 Å². The summed E-state index contributed by atoms with van der Waals surface area (Å²) >= 11 is 1.42. The number of urea groups is 1. The second kappa shape index (κ2) is 8.29. The van der Waals surface area contributed by atoms with Gasteiger partial charge in [0.1, 0.15) is 11.2 Å². The summed E-state index contributed by atoms with van der Waals surface area (Å²) in [6, 6.07) is 6.38. The van der Waals surface area contributed by atoms with Crippen LogP contribution in [-0.2, 0) is 4.79 Å². The highest BCUT2D eigenvalue weighted by Gasteiger charge is 2.35. The SMILES string of the molecule is CC(C)N(CCN1C(=O)CS[C@@H]1c1ccccc1F)C(=O)NC(C)(C)C. The Bertz CT molecular complexity index is 660. The number of carbonyl (C=O) groups excluding carboxylic acids is 2. The first-order valence-electron chi connectivity index (χ1n) is 8.84. The Morgan fingerprint density at radius 2 is 2.04 bits per heavy atom. The zero-order valence-corrected chi connectivity index (χ0v) is 16.9. The van der Waals surface area contributed by atoms with Crippen LogP contribution in [0.25, 0.3) is 0 Å². The van der Waals surface area contributed by atoms with Gasteiger partial charge in [-0.1, -0.05) is 18.2 Å². The molecule has 1 aromatic rings. The van der Waals surface area contributed by atoms with Crippen molar-refractivity contribution in [2.75, 3.05) is 18.8 Å². The molecule has 0 bridgehead atoms. The van der Waals surface area contributed by atoms with Gasteiger partial charge in [0, 0.05) is 30.2 Å². The van der Waals surface area contributed by atoms with Gasteiger partial charge in [-0.25, -0.2) is 9.18 Å². The summed E-state index contributed by atoms with van der Waals surface area (Å²) in [5, 5.41) is 2.61. The van der Waals surface area contributed by atoms with Crippen LogP contribution in [0.2, 0.25) is 0 Å². The Hall–Kier alpha value is -1.76. The first-order chi connectivity index (χ1) is 12.1. The summed E-state index contributed by atoms with van der Waals surface area (Å²) in [5.41, 5.74) is 0.178. The summed E-state index contributed by atoms with van der Waals surface area (Å²) in [5.74, 6) is -0.00594. The van der Waals surface area contributed by atoms with E-state index in [-0.39, 0.29) is 34.7 Å². The van der Waals surface area contributed by atoms with Crippen LogP contribution in [0.4, 0.5) is 9.18 Å². The van der Waals surface area contributed by atoms with Crippen LogP contribution >= 0.6 is 11.8 Å². The number of hydrogen-bond acceptors (Lipinski definition) is 3. The van der Waals surface area contributed by atoms with Crippen molar-refractivity contribution in [1.82, 2.24) is 15.1 Å². The normalized spacial score (nSPS) is 17.7. The second-order valence-corrected chi connectivity index (χ2v) is 8.81. The molecule has 0 unspecified atom stereocenters. The number of hydrogen-bond donors (Lipinski definition) is 1. The van der Waals surface area contributed by atoms with Crippen LogP contribution in [-0.4, -0.2) is 52.2 Å².